The average Bonchev–Trinajstić information content (AvgIpc) is 2.59. The maximum atomic E-state index is 8.90. The normalized spacial score (nSPS) is 11.2. The van der Waals surface area contributed by atoms with Crippen LogP contribution in [0, 0.1) is 13.8 Å². The number of benzene rings is 1. The highest BCUT2D eigenvalue weighted by molar-refractivity contribution is 9.10. The number of nitrogens with zero attached hydrogens (tertiary/aromatic N) is 1. The molecule has 1 N–H and O–H groups in total. The van der Waals surface area contributed by atoms with E-state index >= 15 is 0 Å². The van der Waals surface area contributed by atoms with Crippen molar-refractivity contribution in [2.75, 3.05) is 6.61 Å². The van der Waals surface area contributed by atoms with E-state index in [9.17, 15) is 0 Å². The number of hydrogen-bond donors (Lipinski definition) is 1. The van der Waals surface area contributed by atoms with Crippen LogP contribution < -0.4 is 0 Å². The number of aliphatic hydroxyl groups is 1. The van der Waals surface area contributed by atoms with E-state index in [2.05, 4.69) is 21.1 Å². The van der Waals surface area contributed by atoms with Gasteiger partial charge in [0.1, 0.15) is 0 Å². The number of aryl methyl sites for hydroxylation is 1. The SMILES string of the molecule is Cc1c(Br)cc2c(CCO)noc2c1C. The van der Waals surface area contributed by atoms with Crippen LogP contribution in [0.25, 0.3) is 11.0 Å². The van der Waals surface area contributed by atoms with Crippen LogP contribution in [0.4, 0.5) is 0 Å². The summed E-state index contributed by atoms with van der Waals surface area (Å²) in [6.45, 7) is 4.13. The number of rotatable bonds is 2. The Morgan fingerprint density at radius 3 is 2.80 bits per heavy atom. The second-order valence-corrected chi connectivity index (χ2v) is 4.44. The van der Waals surface area contributed by atoms with Gasteiger partial charge in [-0.1, -0.05) is 21.1 Å². The van der Waals surface area contributed by atoms with Gasteiger partial charge in [-0.2, -0.15) is 0 Å². The second-order valence-electron chi connectivity index (χ2n) is 3.59. The third kappa shape index (κ3) is 1.68. The van der Waals surface area contributed by atoms with E-state index in [0.717, 1.165) is 32.3 Å². The number of hydrogen-bond acceptors (Lipinski definition) is 3. The first-order valence-electron chi connectivity index (χ1n) is 4.80. The molecule has 0 unspecified atom stereocenters. The van der Waals surface area contributed by atoms with Crippen LogP contribution in [0.3, 0.4) is 0 Å². The van der Waals surface area contributed by atoms with Crippen molar-refractivity contribution in [3.8, 4) is 0 Å². The summed E-state index contributed by atoms with van der Waals surface area (Å²) in [5, 5.41) is 13.9. The van der Waals surface area contributed by atoms with E-state index in [1.54, 1.807) is 0 Å². The Hall–Kier alpha value is -0.870. The van der Waals surface area contributed by atoms with Crippen LogP contribution in [0.5, 0.6) is 0 Å². The monoisotopic (exact) mass is 269 g/mol. The molecule has 0 fully saturated rings. The number of aromatic nitrogens is 1. The third-order valence-electron chi connectivity index (χ3n) is 2.68. The van der Waals surface area contributed by atoms with Gasteiger partial charge in [0, 0.05) is 22.9 Å². The first-order chi connectivity index (χ1) is 7.15. The average molecular weight is 270 g/mol. The lowest BCUT2D eigenvalue weighted by atomic mass is 10.1. The van der Waals surface area contributed by atoms with Crippen molar-refractivity contribution in [3.05, 3.63) is 27.4 Å². The zero-order valence-electron chi connectivity index (χ0n) is 8.67. The molecule has 80 valence electrons. The highest BCUT2D eigenvalue weighted by atomic mass is 79.9. The minimum absolute atomic E-state index is 0.0895. The minimum Gasteiger partial charge on any atom is -0.396 e. The van der Waals surface area contributed by atoms with Crippen LogP contribution in [-0.4, -0.2) is 16.9 Å². The Labute approximate surface area is 96.2 Å². The quantitative estimate of drug-likeness (QED) is 0.912. The minimum atomic E-state index is 0.0895. The van der Waals surface area contributed by atoms with Gasteiger partial charge in [-0.3, -0.25) is 0 Å². The van der Waals surface area contributed by atoms with E-state index < -0.39 is 0 Å². The van der Waals surface area contributed by atoms with Crippen molar-refractivity contribution in [1.82, 2.24) is 5.16 Å². The molecule has 15 heavy (non-hydrogen) atoms. The van der Waals surface area contributed by atoms with Gasteiger partial charge in [0.15, 0.2) is 5.58 Å². The maximum Gasteiger partial charge on any atom is 0.170 e. The molecule has 0 atom stereocenters. The van der Waals surface area contributed by atoms with Gasteiger partial charge in [0.25, 0.3) is 0 Å². The lowest BCUT2D eigenvalue weighted by molar-refractivity contribution is 0.295. The molecular weight excluding hydrogens is 258 g/mol. The van der Waals surface area contributed by atoms with E-state index in [1.807, 2.05) is 19.9 Å². The molecule has 0 bridgehead atoms. The van der Waals surface area contributed by atoms with Crippen LogP contribution in [-0.2, 0) is 6.42 Å². The Balaban J connectivity index is 2.71. The molecule has 2 rings (SSSR count). The number of halogens is 1. The molecule has 0 saturated heterocycles. The van der Waals surface area contributed by atoms with Crippen molar-refractivity contribution < 1.29 is 9.63 Å². The summed E-state index contributed by atoms with van der Waals surface area (Å²) in [5.41, 5.74) is 3.89. The second kappa shape index (κ2) is 3.94. The van der Waals surface area contributed by atoms with Crippen molar-refractivity contribution in [2.45, 2.75) is 20.3 Å². The van der Waals surface area contributed by atoms with E-state index in [-0.39, 0.29) is 6.61 Å². The standard InChI is InChI=1S/C11H12BrNO2/c1-6-7(2)11-8(5-9(6)12)10(3-4-14)13-15-11/h5,14H,3-4H2,1-2H3. The van der Waals surface area contributed by atoms with Crippen LogP contribution in [0.1, 0.15) is 16.8 Å². The van der Waals surface area contributed by atoms with Gasteiger partial charge in [-0.25, -0.2) is 0 Å². The Bertz CT molecular complexity index is 505. The van der Waals surface area contributed by atoms with Crippen molar-refractivity contribution in [3.63, 3.8) is 0 Å². The smallest absolute Gasteiger partial charge is 0.170 e. The fraction of sp³-hybridized carbons (Fsp3) is 0.364. The van der Waals surface area contributed by atoms with E-state index in [0.29, 0.717) is 6.42 Å². The van der Waals surface area contributed by atoms with Gasteiger partial charge in [0.05, 0.1) is 5.69 Å². The van der Waals surface area contributed by atoms with Crippen molar-refractivity contribution in [1.29, 1.82) is 0 Å². The molecule has 0 aliphatic heterocycles. The third-order valence-corrected chi connectivity index (χ3v) is 3.51. The topological polar surface area (TPSA) is 46.3 Å². The molecule has 0 aliphatic rings. The zero-order valence-corrected chi connectivity index (χ0v) is 10.3. The predicted molar refractivity (Wildman–Crippen MR) is 62.0 cm³/mol. The molecule has 0 aliphatic carbocycles. The summed E-state index contributed by atoms with van der Waals surface area (Å²) in [6.07, 6.45) is 0.530. The van der Waals surface area contributed by atoms with Gasteiger partial charge >= 0.3 is 0 Å². The Morgan fingerprint density at radius 1 is 1.40 bits per heavy atom. The highest BCUT2D eigenvalue weighted by Crippen LogP contribution is 2.30. The molecule has 3 nitrogen and oxygen atoms in total. The summed E-state index contributed by atoms with van der Waals surface area (Å²) in [5.74, 6) is 0. The molecule has 0 radical (unpaired) electrons. The molecule has 4 heteroatoms. The molecule has 0 amide bonds. The lowest BCUT2D eigenvalue weighted by Crippen LogP contribution is -1.91. The molecule has 2 aromatic rings. The van der Waals surface area contributed by atoms with Crippen molar-refractivity contribution in [2.24, 2.45) is 0 Å². The van der Waals surface area contributed by atoms with Gasteiger partial charge in [0.2, 0.25) is 0 Å². The van der Waals surface area contributed by atoms with Gasteiger partial charge in [-0.15, -0.1) is 0 Å². The summed E-state index contributed by atoms with van der Waals surface area (Å²) in [6, 6.07) is 2.00. The Kier molecular flexibility index (Phi) is 2.80. The number of fused-ring (bicyclic) bond motifs is 1. The molecule has 1 heterocycles. The molecule has 0 spiro atoms. The molecule has 0 saturated carbocycles. The van der Waals surface area contributed by atoms with E-state index in [1.165, 1.54) is 0 Å². The highest BCUT2D eigenvalue weighted by Gasteiger charge is 2.13. The van der Waals surface area contributed by atoms with Crippen LogP contribution in [0.15, 0.2) is 15.1 Å². The molecular formula is C11H12BrNO2. The zero-order chi connectivity index (χ0) is 11.0. The summed E-state index contributed by atoms with van der Waals surface area (Å²) in [4.78, 5) is 0. The first kappa shape index (κ1) is 10.6. The maximum absolute atomic E-state index is 8.90. The predicted octanol–water partition coefficient (Wildman–Crippen LogP) is 2.74. The van der Waals surface area contributed by atoms with Gasteiger partial charge in [-0.05, 0) is 31.0 Å². The van der Waals surface area contributed by atoms with Crippen molar-refractivity contribution >= 4 is 26.9 Å². The summed E-state index contributed by atoms with van der Waals surface area (Å²) < 4.78 is 6.34. The lowest BCUT2D eigenvalue weighted by Gasteiger charge is -2.02. The fourth-order valence-electron chi connectivity index (χ4n) is 1.62. The number of aliphatic hydroxyl groups excluding tert-OH is 1. The summed E-state index contributed by atoms with van der Waals surface area (Å²) >= 11 is 3.51. The molecule has 1 aromatic carbocycles. The largest absolute Gasteiger partial charge is 0.396 e. The first-order valence-corrected chi connectivity index (χ1v) is 5.59. The van der Waals surface area contributed by atoms with Crippen LogP contribution in [0.2, 0.25) is 0 Å². The van der Waals surface area contributed by atoms with Gasteiger partial charge < -0.3 is 9.63 Å². The Morgan fingerprint density at radius 2 is 2.13 bits per heavy atom. The molecule has 1 aromatic heterocycles. The van der Waals surface area contributed by atoms with E-state index in [4.69, 9.17) is 9.63 Å². The van der Waals surface area contributed by atoms with Crippen LogP contribution >= 0.6 is 15.9 Å². The summed E-state index contributed by atoms with van der Waals surface area (Å²) in [7, 11) is 0. The fourth-order valence-corrected chi connectivity index (χ4v) is 2.15.